The normalized spacial score (nSPS) is 10.0. The van der Waals surface area contributed by atoms with Gasteiger partial charge in [-0.15, -0.1) is 11.8 Å². The highest BCUT2D eigenvalue weighted by Crippen LogP contribution is 2.28. The Bertz CT molecular complexity index is 437. The second-order valence-electron chi connectivity index (χ2n) is 3.19. The van der Waals surface area contributed by atoms with Gasteiger partial charge in [0, 0.05) is 24.7 Å². The third-order valence-electron chi connectivity index (χ3n) is 2.07. The Balaban J connectivity index is 2.99. The van der Waals surface area contributed by atoms with Crippen LogP contribution >= 0.6 is 11.8 Å². The number of nitro groups is 1. The number of nitrogens with zero attached hydrogens (tertiary/aromatic N) is 1. The van der Waals surface area contributed by atoms with Crippen LogP contribution in [-0.2, 0) is 0 Å². The van der Waals surface area contributed by atoms with Gasteiger partial charge in [0.25, 0.3) is 11.6 Å². The van der Waals surface area contributed by atoms with E-state index in [0.29, 0.717) is 18.0 Å². The number of carbonyl (C=O) groups excluding carboxylic acids is 1. The van der Waals surface area contributed by atoms with Crippen molar-refractivity contribution in [3.63, 3.8) is 0 Å². The molecule has 0 spiro atoms. The molecule has 1 rings (SSSR count). The summed E-state index contributed by atoms with van der Waals surface area (Å²) in [6.45, 7) is 0.674. The molecule has 0 aliphatic carbocycles. The fourth-order valence-corrected chi connectivity index (χ4v) is 1.81. The summed E-state index contributed by atoms with van der Waals surface area (Å²) in [4.78, 5) is 22.4. The highest BCUT2D eigenvalue weighted by molar-refractivity contribution is 7.98. The number of rotatable bonds is 5. The van der Waals surface area contributed by atoms with Crippen LogP contribution in [0.15, 0.2) is 23.1 Å². The van der Waals surface area contributed by atoms with Gasteiger partial charge in [-0.2, -0.15) is 0 Å². The van der Waals surface area contributed by atoms with E-state index in [-0.39, 0.29) is 17.2 Å². The van der Waals surface area contributed by atoms with E-state index < -0.39 is 4.92 Å². The Morgan fingerprint density at radius 3 is 2.82 bits per heavy atom. The summed E-state index contributed by atoms with van der Waals surface area (Å²) in [5.74, 6) is -0.355. The molecule has 0 fully saturated rings. The molecule has 0 atom stereocenters. The van der Waals surface area contributed by atoms with Gasteiger partial charge >= 0.3 is 0 Å². The Hall–Kier alpha value is -1.60. The number of carbonyl (C=O) groups is 1. The van der Waals surface area contributed by atoms with Gasteiger partial charge in [-0.25, -0.2) is 0 Å². The number of thioether (sulfide) groups is 1. The van der Waals surface area contributed by atoms with E-state index in [2.05, 4.69) is 5.32 Å². The largest absolute Gasteiger partial charge is 0.351 e. The first kappa shape index (κ1) is 13.5. The number of amides is 1. The highest BCUT2D eigenvalue weighted by Gasteiger charge is 2.16. The van der Waals surface area contributed by atoms with Gasteiger partial charge in [-0.3, -0.25) is 14.9 Å². The van der Waals surface area contributed by atoms with Crippen molar-refractivity contribution in [1.82, 2.24) is 5.32 Å². The molecule has 0 aliphatic heterocycles. The molecule has 1 amide bonds. The maximum atomic E-state index is 11.6. The fourth-order valence-electron chi connectivity index (χ4n) is 1.26. The van der Waals surface area contributed by atoms with Crippen molar-refractivity contribution in [3.05, 3.63) is 33.9 Å². The summed E-state index contributed by atoms with van der Waals surface area (Å²) in [6, 6.07) is 4.41. The molecule has 6 nitrogen and oxygen atoms in total. The lowest BCUT2D eigenvalue weighted by molar-refractivity contribution is -0.387. The van der Waals surface area contributed by atoms with E-state index >= 15 is 0 Å². The summed E-state index contributed by atoms with van der Waals surface area (Å²) in [5.41, 5.74) is 5.46. The second kappa shape index (κ2) is 6.21. The fraction of sp³-hybridized carbons (Fsp3) is 0.300. The molecule has 0 aromatic heterocycles. The van der Waals surface area contributed by atoms with Gasteiger partial charge < -0.3 is 11.1 Å². The molecule has 0 radical (unpaired) electrons. The average Bonchev–Trinajstić information content (AvgIpc) is 2.34. The maximum absolute atomic E-state index is 11.6. The molecule has 1 aromatic rings. The van der Waals surface area contributed by atoms with Crippen molar-refractivity contribution in [2.24, 2.45) is 5.73 Å². The minimum atomic E-state index is -0.494. The van der Waals surface area contributed by atoms with Crippen molar-refractivity contribution >= 4 is 23.4 Å². The van der Waals surface area contributed by atoms with E-state index in [0.717, 1.165) is 0 Å². The Kier molecular flexibility index (Phi) is 4.92. The zero-order valence-electron chi connectivity index (χ0n) is 9.30. The summed E-state index contributed by atoms with van der Waals surface area (Å²) in [6.07, 6.45) is 1.75. The molecule has 7 heteroatoms. The highest BCUT2D eigenvalue weighted by atomic mass is 32.2. The molecule has 17 heavy (non-hydrogen) atoms. The lowest BCUT2D eigenvalue weighted by atomic mass is 10.2. The van der Waals surface area contributed by atoms with Crippen LogP contribution in [0, 0.1) is 10.1 Å². The molecule has 0 bridgehead atoms. The lowest BCUT2D eigenvalue weighted by Crippen LogP contribution is -2.29. The number of nitrogens with two attached hydrogens (primary N) is 1. The van der Waals surface area contributed by atoms with Gasteiger partial charge in [-0.05, 0) is 18.4 Å². The topological polar surface area (TPSA) is 98.3 Å². The second-order valence-corrected chi connectivity index (χ2v) is 4.04. The molecule has 0 aliphatic rings. The number of hydrogen-bond donors (Lipinski definition) is 2. The van der Waals surface area contributed by atoms with E-state index in [4.69, 9.17) is 5.73 Å². The van der Waals surface area contributed by atoms with Crippen molar-refractivity contribution in [1.29, 1.82) is 0 Å². The monoisotopic (exact) mass is 255 g/mol. The van der Waals surface area contributed by atoms with Crippen molar-refractivity contribution < 1.29 is 9.72 Å². The van der Waals surface area contributed by atoms with E-state index in [1.54, 1.807) is 18.4 Å². The van der Waals surface area contributed by atoms with Gasteiger partial charge in [0.05, 0.1) is 9.82 Å². The lowest BCUT2D eigenvalue weighted by Gasteiger charge is -2.05. The molecular weight excluding hydrogens is 242 g/mol. The predicted octanol–water partition coefficient (Wildman–Crippen LogP) is 1.01. The van der Waals surface area contributed by atoms with Crippen molar-refractivity contribution in [2.45, 2.75) is 4.90 Å². The maximum Gasteiger partial charge on any atom is 0.283 e. The number of nitro benzene ring substituents is 1. The third-order valence-corrected chi connectivity index (χ3v) is 2.85. The molecule has 92 valence electrons. The zero-order valence-corrected chi connectivity index (χ0v) is 10.1. The van der Waals surface area contributed by atoms with Gasteiger partial charge in [0.1, 0.15) is 0 Å². The standard InChI is InChI=1S/C10H13N3O3S/c1-17-9-3-2-7(6-8(9)13(15)16)10(14)12-5-4-11/h2-3,6H,4-5,11H2,1H3,(H,12,14). The molecule has 0 heterocycles. The van der Waals surface area contributed by atoms with Crippen molar-refractivity contribution in [2.75, 3.05) is 19.3 Å². The smallest absolute Gasteiger partial charge is 0.283 e. The number of benzene rings is 1. The van der Waals surface area contributed by atoms with Crippen molar-refractivity contribution in [3.8, 4) is 0 Å². The van der Waals surface area contributed by atoms with Gasteiger partial charge in [-0.1, -0.05) is 0 Å². The van der Waals surface area contributed by atoms with Crippen LogP contribution in [0.1, 0.15) is 10.4 Å². The molecule has 0 saturated carbocycles. The summed E-state index contributed by atoms with van der Waals surface area (Å²) in [7, 11) is 0. The quantitative estimate of drug-likeness (QED) is 0.464. The molecule has 0 unspecified atom stereocenters. The first-order valence-electron chi connectivity index (χ1n) is 4.91. The van der Waals surface area contributed by atoms with E-state index in [1.807, 2.05) is 0 Å². The van der Waals surface area contributed by atoms with Crippen LogP contribution in [0.3, 0.4) is 0 Å². The van der Waals surface area contributed by atoms with Crippen LogP contribution in [0.25, 0.3) is 0 Å². The number of nitrogens with one attached hydrogen (secondary N) is 1. The number of hydrogen-bond acceptors (Lipinski definition) is 5. The minimum absolute atomic E-state index is 0.0575. The van der Waals surface area contributed by atoms with Crippen LogP contribution in [0.4, 0.5) is 5.69 Å². The Morgan fingerprint density at radius 1 is 1.59 bits per heavy atom. The molecule has 1 aromatic carbocycles. The van der Waals surface area contributed by atoms with Gasteiger partial charge in [0.15, 0.2) is 0 Å². The Labute approximate surface area is 103 Å². The molecule has 0 saturated heterocycles. The van der Waals surface area contributed by atoms with Crippen LogP contribution in [0.2, 0.25) is 0 Å². The average molecular weight is 255 g/mol. The Morgan fingerprint density at radius 2 is 2.29 bits per heavy atom. The minimum Gasteiger partial charge on any atom is -0.351 e. The zero-order chi connectivity index (χ0) is 12.8. The molecular formula is C10H13N3O3S. The summed E-state index contributed by atoms with van der Waals surface area (Å²) >= 11 is 1.27. The molecule has 3 N–H and O–H groups in total. The van der Waals surface area contributed by atoms with Crippen LogP contribution < -0.4 is 11.1 Å². The first-order chi connectivity index (χ1) is 8.10. The first-order valence-corrected chi connectivity index (χ1v) is 6.13. The van der Waals surface area contributed by atoms with E-state index in [1.165, 1.54) is 17.8 Å². The predicted molar refractivity (Wildman–Crippen MR) is 66.3 cm³/mol. The van der Waals surface area contributed by atoms with Crippen LogP contribution in [0.5, 0.6) is 0 Å². The third kappa shape index (κ3) is 3.43. The summed E-state index contributed by atoms with van der Waals surface area (Å²) < 4.78 is 0. The van der Waals surface area contributed by atoms with E-state index in [9.17, 15) is 14.9 Å². The van der Waals surface area contributed by atoms with Crippen LogP contribution in [-0.4, -0.2) is 30.2 Å². The van der Waals surface area contributed by atoms with Gasteiger partial charge in [0.2, 0.25) is 0 Å². The SMILES string of the molecule is CSc1ccc(C(=O)NCCN)cc1[N+](=O)[O-]. The summed E-state index contributed by atoms with van der Waals surface area (Å²) in [5, 5.41) is 13.4.